The number of carbonyl (C=O) groups is 1. The van der Waals surface area contributed by atoms with Crippen LogP contribution >= 0.6 is 11.8 Å². The predicted molar refractivity (Wildman–Crippen MR) is 109 cm³/mol. The molecule has 0 fully saturated rings. The first kappa shape index (κ1) is 19.1. The summed E-state index contributed by atoms with van der Waals surface area (Å²) < 4.78 is 1.76. The number of carbonyl (C=O) groups excluding carboxylic acids is 1. The molecule has 6 nitrogen and oxygen atoms in total. The summed E-state index contributed by atoms with van der Waals surface area (Å²) in [6, 6.07) is 11.9. The molecule has 1 amide bonds. The molecule has 0 radical (unpaired) electrons. The highest BCUT2D eigenvalue weighted by atomic mass is 32.2. The third kappa shape index (κ3) is 4.36. The molecular formula is C20H23N5OS. The standard InChI is InChI=1S/C20H23N5OS/c1-12-11-17(16-9-7-6-8-10-16)22-20(21-12)27-15(4)19(26)23-18-13(2)24-25(5)14(18)3/h6-11,15H,1-5H3,(H,23,26)/t15-/m0/s1. The third-order valence-electron chi connectivity index (χ3n) is 4.31. The Morgan fingerprint density at radius 3 is 2.48 bits per heavy atom. The van der Waals surface area contributed by atoms with Crippen molar-refractivity contribution >= 4 is 23.4 Å². The first-order valence-electron chi connectivity index (χ1n) is 8.74. The number of anilines is 1. The molecule has 1 atom stereocenters. The van der Waals surface area contributed by atoms with Gasteiger partial charge in [-0.1, -0.05) is 42.1 Å². The molecule has 7 heteroatoms. The summed E-state index contributed by atoms with van der Waals surface area (Å²) in [7, 11) is 1.86. The quantitative estimate of drug-likeness (QED) is 0.536. The lowest BCUT2D eigenvalue weighted by atomic mass is 10.1. The Balaban J connectivity index is 1.76. The molecule has 0 aliphatic heterocycles. The molecule has 140 valence electrons. The van der Waals surface area contributed by atoms with Gasteiger partial charge in [0.2, 0.25) is 5.91 Å². The number of benzene rings is 1. The SMILES string of the molecule is Cc1cc(-c2ccccc2)nc(S[C@@H](C)C(=O)Nc2c(C)nn(C)c2C)n1. The summed E-state index contributed by atoms with van der Waals surface area (Å²) in [6.45, 7) is 7.61. The number of thioether (sulfide) groups is 1. The Morgan fingerprint density at radius 2 is 1.85 bits per heavy atom. The fourth-order valence-electron chi connectivity index (χ4n) is 2.74. The zero-order valence-electron chi connectivity index (χ0n) is 16.1. The zero-order valence-corrected chi connectivity index (χ0v) is 17.0. The van der Waals surface area contributed by atoms with Gasteiger partial charge in [0.05, 0.1) is 28.0 Å². The Morgan fingerprint density at radius 1 is 1.15 bits per heavy atom. The minimum Gasteiger partial charge on any atom is -0.322 e. The van der Waals surface area contributed by atoms with Gasteiger partial charge in [0, 0.05) is 18.3 Å². The van der Waals surface area contributed by atoms with Gasteiger partial charge in [-0.15, -0.1) is 0 Å². The van der Waals surface area contributed by atoms with Gasteiger partial charge >= 0.3 is 0 Å². The van der Waals surface area contributed by atoms with Gasteiger partial charge in [0.25, 0.3) is 0 Å². The van der Waals surface area contributed by atoms with Crippen molar-refractivity contribution < 1.29 is 4.79 Å². The Bertz CT molecular complexity index is 968. The summed E-state index contributed by atoms with van der Waals surface area (Å²) in [6.07, 6.45) is 0. The molecule has 0 spiro atoms. The zero-order chi connectivity index (χ0) is 19.6. The highest BCUT2D eigenvalue weighted by molar-refractivity contribution is 8.00. The number of nitrogens with one attached hydrogen (secondary N) is 1. The largest absolute Gasteiger partial charge is 0.322 e. The molecule has 2 heterocycles. The number of hydrogen-bond acceptors (Lipinski definition) is 5. The van der Waals surface area contributed by atoms with Crippen molar-refractivity contribution in [3.05, 3.63) is 53.5 Å². The van der Waals surface area contributed by atoms with E-state index < -0.39 is 0 Å². The molecule has 0 aliphatic rings. The van der Waals surface area contributed by atoms with Crippen molar-refractivity contribution in [2.75, 3.05) is 5.32 Å². The topological polar surface area (TPSA) is 72.7 Å². The van der Waals surface area contributed by atoms with E-state index in [9.17, 15) is 4.79 Å². The van der Waals surface area contributed by atoms with E-state index in [1.54, 1.807) is 4.68 Å². The molecule has 0 saturated carbocycles. The molecule has 1 N–H and O–H groups in total. The molecule has 1 aromatic carbocycles. The van der Waals surface area contributed by atoms with Crippen LogP contribution in [0.2, 0.25) is 0 Å². The van der Waals surface area contributed by atoms with E-state index in [1.165, 1.54) is 11.8 Å². The lowest BCUT2D eigenvalue weighted by Gasteiger charge is -2.12. The summed E-state index contributed by atoms with van der Waals surface area (Å²) in [5.74, 6) is -0.0921. The number of hydrogen-bond donors (Lipinski definition) is 1. The van der Waals surface area contributed by atoms with Gasteiger partial charge in [-0.2, -0.15) is 5.10 Å². The van der Waals surface area contributed by atoms with E-state index in [2.05, 4.69) is 20.4 Å². The van der Waals surface area contributed by atoms with E-state index in [0.717, 1.165) is 34.0 Å². The van der Waals surface area contributed by atoms with Crippen LogP contribution in [0.25, 0.3) is 11.3 Å². The Hall–Kier alpha value is -2.67. The average Bonchev–Trinajstić information content (AvgIpc) is 2.88. The van der Waals surface area contributed by atoms with E-state index in [1.807, 2.05) is 71.1 Å². The van der Waals surface area contributed by atoms with Crippen LogP contribution in [-0.4, -0.2) is 30.9 Å². The molecule has 0 aliphatic carbocycles. The van der Waals surface area contributed by atoms with E-state index in [-0.39, 0.29) is 11.2 Å². The summed E-state index contributed by atoms with van der Waals surface area (Å²) >= 11 is 1.35. The van der Waals surface area contributed by atoms with Crippen molar-refractivity contribution in [3.8, 4) is 11.3 Å². The van der Waals surface area contributed by atoms with Crippen LogP contribution in [0.5, 0.6) is 0 Å². The number of aryl methyl sites for hydroxylation is 3. The fraction of sp³-hybridized carbons (Fsp3) is 0.300. The van der Waals surface area contributed by atoms with Crippen molar-refractivity contribution in [2.45, 2.75) is 38.1 Å². The van der Waals surface area contributed by atoms with Crippen molar-refractivity contribution in [1.82, 2.24) is 19.7 Å². The number of aromatic nitrogens is 4. The van der Waals surface area contributed by atoms with Gasteiger partial charge in [0.15, 0.2) is 5.16 Å². The van der Waals surface area contributed by atoms with Crippen molar-refractivity contribution in [3.63, 3.8) is 0 Å². The highest BCUT2D eigenvalue weighted by Gasteiger charge is 2.20. The molecule has 2 aromatic heterocycles. The third-order valence-corrected chi connectivity index (χ3v) is 5.27. The van der Waals surface area contributed by atoms with E-state index >= 15 is 0 Å². The first-order valence-corrected chi connectivity index (χ1v) is 9.62. The molecule has 3 rings (SSSR count). The molecule has 0 bridgehead atoms. The predicted octanol–water partition coefficient (Wildman–Crippen LogP) is 3.92. The normalized spacial score (nSPS) is 12.0. The summed E-state index contributed by atoms with van der Waals surface area (Å²) in [5, 5.41) is 7.57. The maximum Gasteiger partial charge on any atom is 0.237 e. The highest BCUT2D eigenvalue weighted by Crippen LogP contribution is 2.26. The maximum absolute atomic E-state index is 12.6. The second-order valence-corrected chi connectivity index (χ2v) is 7.77. The van der Waals surface area contributed by atoms with Gasteiger partial charge in [-0.25, -0.2) is 9.97 Å². The average molecular weight is 382 g/mol. The van der Waals surface area contributed by atoms with Gasteiger partial charge in [0.1, 0.15) is 0 Å². The minimum atomic E-state index is -0.338. The van der Waals surface area contributed by atoms with Crippen LogP contribution in [-0.2, 0) is 11.8 Å². The van der Waals surface area contributed by atoms with Gasteiger partial charge < -0.3 is 5.32 Å². The molecule has 0 unspecified atom stereocenters. The second kappa shape index (κ2) is 7.92. The molecular weight excluding hydrogens is 358 g/mol. The molecule has 27 heavy (non-hydrogen) atoms. The molecule has 3 aromatic rings. The molecule has 0 saturated heterocycles. The van der Waals surface area contributed by atoms with Crippen LogP contribution in [0.3, 0.4) is 0 Å². The number of rotatable bonds is 5. The van der Waals surface area contributed by atoms with Crippen LogP contribution < -0.4 is 5.32 Å². The van der Waals surface area contributed by atoms with E-state index in [0.29, 0.717) is 5.16 Å². The van der Waals surface area contributed by atoms with Gasteiger partial charge in [-0.3, -0.25) is 9.48 Å². The van der Waals surface area contributed by atoms with Crippen LogP contribution in [0.1, 0.15) is 24.0 Å². The number of nitrogens with zero attached hydrogens (tertiary/aromatic N) is 4. The van der Waals surface area contributed by atoms with Crippen LogP contribution in [0.15, 0.2) is 41.6 Å². The summed E-state index contributed by atoms with van der Waals surface area (Å²) in [5.41, 5.74) is 5.26. The smallest absolute Gasteiger partial charge is 0.237 e. The lowest BCUT2D eigenvalue weighted by molar-refractivity contribution is -0.115. The van der Waals surface area contributed by atoms with E-state index in [4.69, 9.17) is 0 Å². The van der Waals surface area contributed by atoms with Gasteiger partial charge in [-0.05, 0) is 33.8 Å². The fourth-order valence-corrected chi connectivity index (χ4v) is 3.57. The second-order valence-electron chi connectivity index (χ2n) is 6.46. The van der Waals surface area contributed by atoms with Crippen molar-refractivity contribution in [2.24, 2.45) is 7.05 Å². The summed E-state index contributed by atoms with van der Waals surface area (Å²) in [4.78, 5) is 21.8. The minimum absolute atomic E-state index is 0.0921. The Labute approximate surface area is 163 Å². The number of amides is 1. The lowest BCUT2D eigenvalue weighted by Crippen LogP contribution is -2.23. The van der Waals surface area contributed by atoms with Crippen molar-refractivity contribution in [1.29, 1.82) is 0 Å². The van der Waals surface area contributed by atoms with Crippen LogP contribution in [0.4, 0.5) is 5.69 Å². The Kier molecular flexibility index (Phi) is 5.60. The van der Waals surface area contributed by atoms with Crippen LogP contribution in [0, 0.1) is 20.8 Å². The first-order chi connectivity index (χ1) is 12.8. The monoisotopic (exact) mass is 381 g/mol. The maximum atomic E-state index is 12.6.